The fourth-order valence-electron chi connectivity index (χ4n) is 1.29. The van der Waals surface area contributed by atoms with Gasteiger partial charge in [-0.1, -0.05) is 12.1 Å². The molecule has 0 fully saturated rings. The minimum atomic E-state index is -3.57. The smallest absolute Gasteiger partial charge is 0.306 e. The summed E-state index contributed by atoms with van der Waals surface area (Å²) >= 11 is 0. The van der Waals surface area contributed by atoms with Crippen molar-refractivity contribution in [2.75, 3.05) is 12.5 Å². The molecule has 0 aliphatic carbocycles. The lowest BCUT2D eigenvalue weighted by molar-refractivity contribution is 0.236. The second-order valence-corrected chi connectivity index (χ2v) is 6.97. The van der Waals surface area contributed by atoms with E-state index in [4.69, 9.17) is 4.18 Å². The standard InChI is InChI=1S/C10H14O6S2/c1-8(15-17(2,11)12)9-4-6-10(7-5-9)16-18(3,13)14/h4-8H,1-3H3. The van der Waals surface area contributed by atoms with E-state index in [1.54, 1.807) is 6.92 Å². The molecule has 18 heavy (non-hydrogen) atoms. The van der Waals surface area contributed by atoms with Gasteiger partial charge in [0, 0.05) is 0 Å². The second-order valence-electron chi connectivity index (χ2n) is 3.80. The number of hydrogen-bond donors (Lipinski definition) is 0. The van der Waals surface area contributed by atoms with Crippen LogP contribution in [0.4, 0.5) is 0 Å². The third kappa shape index (κ3) is 5.48. The summed E-state index contributed by atoms with van der Waals surface area (Å²) in [6.45, 7) is 1.58. The molecule has 102 valence electrons. The maximum atomic E-state index is 10.9. The topological polar surface area (TPSA) is 86.7 Å². The Morgan fingerprint density at radius 1 is 0.944 bits per heavy atom. The van der Waals surface area contributed by atoms with Gasteiger partial charge in [0.1, 0.15) is 5.75 Å². The minimum Gasteiger partial charge on any atom is -0.383 e. The van der Waals surface area contributed by atoms with Crippen LogP contribution in [0.25, 0.3) is 0 Å². The van der Waals surface area contributed by atoms with Crippen LogP contribution in [0.3, 0.4) is 0 Å². The van der Waals surface area contributed by atoms with Crippen LogP contribution in [-0.4, -0.2) is 29.3 Å². The molecule has 1 aromatic carbocycles. The van der Waals surface area contributed by atoms with Crippen LogP contribution in [0.1, 0.15) is 18.6 Å². The first-order valence-corrected chi connectivity index (χ1v) is 8.58. The summed E-state index contributed by atoms with van der Waals surface area (Å²) in [5.74, 6) is 0.160. The van der Waals surface area contributed by atoms with Gasteiger partial charge in [0.25, 0.3) is 10.1 Å². The zero-order valence-electron chi connectivity index (χ0n) is 10.2. The highest BCUT2D eigenvalue weighted by Gasteiger charge is 2.13. The van der Waals surface area contributed by atoms with E-state index in [1.807, 2.05) is 0 Å². The molecule has 0 bridgehead atoms. The molecule has 6 nitrogen and oxygen atoms in total. The first-order chi connectivity index (χ1) is 8.07. The van der Waals surface area contributed by atoms with Crippen molar-refractivity contribution in [3.8, 4) is 5.75 Å². The Hall–Kier alpha value is -1.12. The lowest BCUT2D eigenvalue weighted by Crippen LogP contribution is -2.08. The van der Waals surface area contributed by atoms with Gasteiger partial charge in [0.05, 0.1) is 18.6 Å². The summed E-state index contributed by atoms with van der Waals surface area (Å²) in [4.78, 5) is 0. The lowest BCUT2D eigenvalue weighted by Gasteiger charge is -2.11. The first kappa shape index (κ1) is 14.9. The Balaban J connectivity index is 2.83. The van der Waals surface area contributed by atoms with Crippen LogP contribution in [0, 0.1) is 0 Å². The van der Waals surface area contributed by atoms with Crippen molar-refractivity contribution in [1.82, 2.24) is 0 Å². The van der Waals surface area contributed by atoms with Gasteiger partial charge in [-0.05, 0) is 24.6 Å². The molecule has 1 atom stereocenters. The van der Waals surface area contributed by atoms with E-state index in [0.717, 1.165) is 12.5 Å². The largest absolute Gasteiger partial charge is 0.383 e. The molecule has 0 saturated heterocycles. The highest BCUT2D eigenvalue weighted by molar-refractivity contribution is 7.86. The summed E-state index contributed by atoms with van der Waals surface area (Å²) in [7, 11) is -7.10. The summed E-state index contributed by atoms with van der Waals surface area (Å²) in [6, 6.07) is 5.93. The molecule has 1 unspecified atom stereocenters. The number of rotatable bonds is 5. The van der Waals surface area contributed by atoms with Gasteiger partial charge in [-0.2, -0.15) is 16.8 Å². The van der Waals surface area contributed by atoms with Crippen molar-refractivity contribution in [2.24, 2.45) is 0 Å². The van der Waals surface area contributed by atoms with Crippen LogP contribution in [-0.2, 0) is 24.4 Å². The van der Waals surface area contributed by atoms with Crippen molar-refractivity contribution in [3.05, 3.63) is 29.8 Å². The molecular weight excluding hydrogens is 280 g/mol. The average Bonchev–Trinajstić information content (AvgIpc) is 2.13. The van der Waals surface area contributed by atoms with Crippen LogP contribution in [0.5, 0.6) is 5.75 Å². The second kappa shape index (κ2) is 5.25. The van der Waals surface area contributed by atoms with Crippen molar-refractivity contribution in [1.29, 1.82) is 0 Å². The normalized spacial score (nSPS) is 14.2. The Morgan fingerprint density at radius 2 is 1.44 bits per heavy atom. The summed E-state index contributed by atoms with van der Waals surface area (Å²) in [5.41, 5.74) is 0.598. The van der Waals surface area contributed by atoms with Crippen molar-refractivity contribution >= 4 is 20.2 Å². The highest BCUT2D eigenvalue weighted by Crippen LogP contribution is 2.22. The van der Waals surface area contributed by atoms with Gasteiger partial charge in [-0.3, -0.25) is 4.18 Å². The maximum absolute atomic E-state index is 10.9. The fraction of sp³-hybridized carbons (Fsp3) is 0.400. The summed E-state index contributed by atoms with van der Waals surface area (Å²) < 4.78 is 53.1. The van der Waals surface area contributed by atoms with E-state index in [2.05, 4.69) is 4.18 Å². The van der Waals surface area contributed by atoms with Crippen LogP contribution in [0.2, 0.25) is 0 Å². The minimum absolute atomic E-state index is 0.160. The van der Waals surface area contributed by atoms with Crippen molar-refractivity contribution in [2.45, 2.75) is 13.0 Å². The quantitative estimate of drug-likeness (QED) is 0.755. The monoisotopic (exact) mass is 294 g/mol. The molecule has 1 aromatic rings. The molecule has 0 N–H and O–H groups in total. The van der Waals surface area contributed by atoms with E-state index in [9.17, 15) is 16.8 Å². The molecule has 0 aliphatic heterocycles. The molecule has 0 aliphatic rings. The van der Waals surface area contributed by atoms with E-state index in [1.165, 1.54) is 24.3 Å². The molecular formula is C10H14O6S2. The SMILES string of the molecule is CC(OS(C)(=O)=O)c1ccc(OS(C)(=O)=O)cc1. The van der Waals surface area contributed by atoms with E-state index in [0.29, 0.717) is 5.56 Å². The summed E-state index contributed by atoms with van der Waals surface area (Å²) in [6.07, 6.45) is 1.26. The van der Waals surface area contributed by atoms with Crippen LogP contribution in [0.15, 0.2) is 24.3 Å². The fourth-order valence-corrected chi connectivity index (χ4v) is 2.38. The van der Waals surface area contributed by atoms with Gasteiger partial charge >= 0.3 is 10.1 Å². The Bertz CT molecular complexity index is 600. The Kier molecular flexibility index (Phi) is 4.36. The van der Waals surface area contributed by atoms with Crippen molar-refractivity contribution in [3.63, 3.8) is 0 Å². The summed E-state index contributed by atoms with van der Waals surface area (Å²) in [5, 5.41) is 0. The first-order valence-electron chi connectivity index (χ1n) is 4.94. The third-order valence-corrected chi connectivity index (χ3v) is 3.05. The molecule has 0 spiro atoms. The molecule has 0 radical (unpaired) electrons. The maximum Gasteiger partial charge on any atom is 0.306 e. The zero-order chi connectivity index (χ0) is 14.0. The van der Waals surface area contributed by atoms with Crippen molar-refractivity contribution < 1.29 is 25.2 Å². The lowest BCUT2D eigenvalue weighted by atomic mass is 10.1. The van der Waals surface area contributed by atoms with Gasteiger partial charge in [0.15, 0.2) is 0 Å². The zero-order valence-corrected chi connectivity index (χ0v) is 11.8. The Morgan fingerprint density at radius 3 is 1.83 bits per heavy atom. The number of benzene rings is 1. The highest BCUT2D eigenvalue weighted by atomic mass is 32.2. The van der Waals surface area contributed by atoms with Gasteiger partial charge < -0.3 is 4.18 Å². The Labute approximate surface area is 107 Å². The molecule has 8 heteroatoms. The molecule has 0 aromatic heterocycles. The van der Waals surface area contributed by atoms with Crippen LogP contribution >= 0.6 is 0 Å². The van der Waals surface area contributed by atoms with E-state index in [-0.39, 0.29) is 5.75 Å². The predicted molar refractivity (Wildman–Crippen MR) is 66.3 cm³/mol. The third-order valence-electron chi connectivity index (χ3n) is 1.92. The average molecular weight is 294 g/mol. The number of hydrogen-bond acceptors (Lipinski definition) is 6. The predicted octanol–water partition coefficient (Wildman–Crippen LogP) is 1.06. The van der Waals surface area contributed by atoms with Gasteiger partial charge in [-0.15, -0.1) is 0 Å². The van der Waals surface area contributed by atoms with E-state index >= 15 is 0 Å². The molecule has 0 heterocycles. The molecule has 0 amide bonds. The van der Waals surface area contributed by atoms with Gasteiger partial charge in [0.2, 0.25) is 0 Å². The van der Waals surface area contributed by atoms with Crippen LogP contribution < -0.4 is 4.18 Å². The molecule has 1 rings (SSSR count). The molecule has 0 saturated carbocycles. The van der Waals surface area contributed by atoms with Gasteiger partial charge in [-0.25, -0.2) is 0 Å². The van der Waals surface area contributed by atoms with E-state index < -0.39 is 26.3 Å².